The van der Waals surface area contributed by atoms with E-state index in [-0.39, 0.29) is 24.5 Å². The minimum absolute atomic E-state index is 0.0424. The zero-order valence-electron chi connectivity index (χ0n) is 12.1. The van der Waals surface area contributed by atoms with Gasteiger partial charge in [-0.15, -0.1) is 0 Å². The van der Waals surface area contributed by atoms with Crippen molar-refractivity contribution in [3.8, 4) is 0 Å². The number of anilines is 1. The monoisotopic (exact) mass is 296 g/mol. The van der Waals surface area contributed by atoms with Crippen molar-refractivity contribution in [1.82, 2.24) is 0 Å². The third kappa shape index (κ3) is 3.49. The molecule has 2 N–H and O–H groups in total. The third-order valence-corrected chi connectivity index (χ3v) is 3.55. The van der Waals surface area contributed by atoms with Gasteiger partial charge in [-0.1, -0.05) is 6.07 Å². The molecule has 7 nitrogen and oxygen atoms in total. The number of rotatable bonds is 4. The summed E-state index contributed by atoms with van der Waals surface area (Å²) in [6, 6.07) is 4.72. The number of hydrogen-bond acceptors (Lipinski definition) is 6. The molecule has 0 aromatic heterocycles. The molecule has 1 fully saturated rings. The van der Waals surface area contributed by atoms with Gasteiger partial charge >= 0.3 is 0 Å². The molecule has 1 saturated heterocycles. The average Bonchev–Trinajstić information content (AvgIpc) is 2.45. The summed E-state index contributed by atoms with van der Waals surface area (Å²) in [6.07, 6.45) is -1.23. The van der Waals surface area contributed by atoms with Crippen LogP contribution in [0, 0.1) is 10.1 Å². The highest BCUT2D eigenvalue weighted by molar-refractivity contribution is 5.65. The molecule has 21 heavy (non-hydrogen) atoms. The van der Waals surface area contributed by atoms with Gasteiger partial charge in [0.25, 0.3) is 5.69 Å². The molecule has 116 valence electrons. The SMILES string of the molecule is CC1CN(c2ccc([C@H](C)O)cc2[N+](=O)[O-])CC(CO)O1. The van der Waals surface area contributed by atoms with Gasteiger partial charge in [-0.2, -0.15) is 0 Å². The zero-order chi connectivity index (χ0) is 15.6. The van der Waals surface area contributed by atoms with E-state index in [0.29, 0.717) is 24.3 Å². The van der Waals surface area contributed by atoms with Gasteiger partial charge in [0.1, 0.15) is 5.69 Å². The fourth-order valence-electron chi connectivity index (χ4n) is 2.56. The van der Waals surface area contributed by atoms with Crippen LogP contribution in [0.1, 0.15) is 25.5 Å². The number of aliphatic hydroxyl groups is 2. The van der Waals surface area contributed by atoms with E-state index in [2.05, 4.69) is 0 Å². The molecule has 1 aromatic carbocycles. The second-order valence-electron chi connectivity index (χ2n) is 5.34. The summed E-state index contributed by atoms with van der Waals surface area (Å²) >= 11 is 0. The van der Waals surface area contributed by atoms with Crippen LogP contribution in [0.3, 0.4) is 0 Å². The summed E-state index contributed by atoms with van der Waals surface area (Å²) in [5.74, 6) is 0. The first-order valence-electron chi connectivity index (χ1n) is 6.90. The first-order valence-corrected chi connectivity index (χ1v) is 6.90. The van der Waals surface area contributed by atoms with Crippen molar-refractivity contribution in [3.05, 3.63) is 33.9 Å². The number of hydrogen-bond donors (Lipinski definition) is 2. The molecule has 0 spiro atoms. The molecule has 1 aromatic rings. The van der Waals surface area contributed by atoms with Gasteiger partial charge in [-0.3, -0.25) is 10.1 Å². The summed E-state index contributed by atoms with van der Waals surface area (Å²) in [5.41, 5.74) is 0.947. The molecule has 1 aliphatic heterocycles. The minimum atomic E-state index is -0.758. The Balaban J connectivity index is 2.36. The lowest BCUT2D eigenvalue weighted by molar-refractivity contribution is -0.384. The van der Waals surface area contributed by atoms with Crippen LogP contribution in [0.2, 0.25) is 0 Å². The van der Waals surface area contributed by atoms with Crippen molar-refractivity contribution < 1.29 is 19.9 Å². The lowest BCUT2D eigenvalue weighted by atomic mass is 10.1. The number of benzene rings is 1. The predicted octanol–water partition coefficient (Wildman–Crippen LogP) is 1.23. The average molecular weight is 296 g/mol. The Labute approximate surface area is 122 Å². The Morgan fingerprint density at radius 2 is 2.24 bits per heavy atom. The number of ether oxygens (including phenoxy) is 1. The number of nitro benzene ring substituents is 1. The van der Waals surface area contributed by atoms with Gasteiger partial charge in [0.15, 0.2) is 0 Å². The second-order valence-corrected chi connectivity index (χ2v) is 5.34. The summed E-state index contributed by atoms with van der Waals surface area (Å²) < 4.78 is 5.55. The summed E-state index contributed by atoms with van der Waals surface area (Å²) in [4.78, 5) is 12.7. The fourth-order valence-corrected chi connectivity index (χ4v) is 2.56. The van der Waals surface area contributed by atoms with Crippen molar-refractivity contribution in [1.29, 1.82) is 0 Å². The van der Waals surface area contributed by atoms with Crippen LogP contribution in [0.25, 0.3) is 0 Å². The van der Waals surface area contributed by atoms with Crippen LogP contribution in [-0.4, -0.2) is 47.0 Å². The third-order valence-electron chi connectivity index (χ3n) is 3.55. The Kier molecular flexibility index (Phi) is 4.76. The van der Waals surface area contributed by atoms with Crippen LogP contribution < -0.4 is 4.90 Å². The van der Waals surface area contributed by atoms with E-state index in [0.717, 1.165) is 0 Å². The molecule has 2 rings (SSSR count). The van der Waals surface area contributed by atoms with Gasteiger partial charge in [-0.25, -0.2) is 0 Å². The Bertz CT molecular complexity index is 520. The maximum absolute atomic E-state index is 11.3. The van der Waals surface area contributed by atoms with Crippen LogP contribution in [0.4, 0.5) is 11.4 Å². The summed E-state index contributed by atoms with van der Waals surface area (Å²) in [7, 11) is 0. The van der Waals surface area contributed by atoms with E-state index in [1.807, 2.05) is 11.8 Å². The molecule has 3 atom stereocenters. The highest BCUT2D eigenvalue weighted by Gasteiger charge is 2.29. The largest absolute Gasteiger partial charge is 0.394 e. The Morgan fingerprint density at radius 3 is 2.81 bits per heavy atom. The standard InChI is InChI=1S/C14H20N2O5/c1-9-6-15(7-12(8-17)21-9)13-4-3-11(10(2)18)5-14(13)16(19)20/h3-5,9-10,12,17-18H,6-8H2,1-2H3/t9?,10-,12?/m0/s1. The molecule has 1 aliphatic rings. The predicted molar refractivity (Wildman–Crippen MR) is 77.4 cm³/mol. The Hall–Kier alpha value is -1.70. The molecular weight excluding hydrogens is 276 g/mol. The molecule has 0 saturated carbocycles. The van der Waals surface area contributed by atoms with Crippen LogP contribution in [0.5, 0.6) is 0 Å². The van der Waals surface area contributed by atoms with Gasteiger partial charge in [0.2, 0.25) is 0 Å². The maximum atomic E-state index is 11.3. The van der Waals surface area contributed by atoms with Crippen LogP contribution in [0.15, 0.2) is 18.2 Å². The van der Waals surface area contributed by atoms with Gasteiger partial charge in [0.05, 0.1) is 29.8 Å². The van der Waals surface area contributed by atoms with Crippen molar-refractivity contribution in [3.63, 3.8) is 0 Å². The first-order chi connectivity index (χ1) is 9.92. The maximum Gasteiger partial charge on any atom is 0.292 e. The van der Waals surface area contributed by atoms with E-state index in [4.69, 9.17) is 4.74 Å². The molecule has 0 bridgehead atoms. The van der Waals surface area contributed by atoms with E-state index in [1.165, 1.54) is 6.07 Å². The Morgan fingerprint density at radius 1 is 1.52 bits per heavy atom. The number of nitro groups is 1. The van der Waals surface area contributed by atoms with E-state index >= 15 is 0 Å². The molecule has 0 amide bonds. The summed E-state index contributed by atoms with van der Waals surface area (Å²) in [5, 5.41) is 30.1. The van der Waals surface area contributed by atoms with Crippen molar-refractivity contribution >= 4 is 11.4 Å². The van der Waals surface area contributed by atoms with Gasteiger partial charge < -0.3 is 19.8 Å². The van der Waals surface area contributed by atoms with Crippen molar-refractivity contribution in [2.24, 2.45) is 0 Å². The van der Waals surface area contributed by atoms with E-state index < -0.39 is 11.0 Å². The quantitative estimate of drug-likeness (QED) is 0.641. The highest BCUT2D eigenvalue weighted by Crippen LogP contribution is 2.32. The second kappa shape index (κ2) is 6.38. The van der Waals surface area contributed by atoms with E-state index in [1.54, 1.807) is 19.1 Å². The molecule has 0 aliphatic carbocycles. The van der Waals surface area contributed by atoms with Crippen LogP contribution >= 0.6 is 0 Å². The van der Waals surface area contributed by atoms with Crippen molar-refractivity contribution in [2.75, 3.05) is 24.6 Å². The summed E-state index contributed by atoms with van der Waals surface area (Å²) in [6.45, 7) is 4.23. The zero-order valence-corrected chi connectivity index (χ0v) is 12.1. The molecule has 0 radical (unpaired) electrons. The number of morpholine rings is 1. The van der Waals surface area contributed by atoms with Crippen molar-refractivity contribution in [2.45, 2.75) is 32.2 Å². The molecule has 1 heterocycles. The number of nitrogens with zero attached hydrogens (tertiary/aromatic N) is 2. The highest BCUT2D eigenvalue weighted by atomic mass is 16.6. The smallest absolute Gasteiger partial charge is 0.292 e. The normalized spacial score (nSPS) is 23.9. The first kappa shape index (κ1) is 15.7. The van der Waals surface area contributed by atoms with Crippen LogP contribution in [-0.2, 0) is 4.74 Å². The fraction of sp³-hybridized carbons (Fsp3) is 0.571. The minimum Gasteiger partial charge on any atom is -0.394 e. The van der Waals surface area contributed by atoms with E-state index in [9.17, 15) is 20.3 Å². The lowest BCUT2D eigenvalue weighted by Gasteiger charge is -2.37. The van der Waals surface area contributed by atoms with Gasteiger partial charge in [-0.05, 0) is 25.5 Å². The topological polar surface area (TPSA) is 96.1 Å². The number of aliphatic hydroxyl groups excluding tert-OH is 2. The lowest BCUT2D eigenvalue weighted by Crippen LogP contribution is -2.48. The molecular formula is C14H20N2O5. The molecule has 2 unspecified atom stereocenters. The molecule has 7 heteroatoms. The van der Waals surface area contributed by atoms with Gasteiger partial charge in [0, 0.05) is 19.2 Å².